The van der Waals surface area contributed by atoms with Crippen LogP contribution in [0.2, 0.25) is 0 Å². The van der Waals surface area contributed by atoms with Crippen molar-refractivity contribution >= 4 is 5.91 Å². The van der Waals surface area contributed by atoms with Crippen LogP contribution in [0.5, 0.6) is 0 Å². The smallest absolute Gasteiger partial charge is 0.272 e. The number of hydrogen-bond acceptors (Lipinski definition) is 4. The SMILES string of the molecule is Cc1cnc(C(=O)N[C@H](c2ccccc2)c2nccn2C)cn1. The Morgan fingerprint density at radius 2 is 1.91 bits per heavy atom. The number of nitrogens with one attached hydrogen (secondary N) is 1. The molecule has 0 spiro atoms. The predicted molar refractivity (Wildman–Crippen MR) is 85.7 cm³/mol. The van der Waals surface area contributed by atoms with Crippen LogP contribution in [-0.4, -0.2) is 25.4 Å². The van der Waals surface area contributed by atoms with Crippen LogP contribution in [0, 0.1) is 6.92 Å². The lowest BCUT2D eigenvalue weighted by molar-refractivity contribution is 0.0935. The van der Waals surface area contributed by atoms with Gasteiger partial charge in [0, 0.05) is 25.6 Å². The van der Waals surface area contributed by atoms with E-state index >= 15 is 0 Å². The van der Waals surface area contributed by atoms with E-state index in [0.717, 1.165) is 17.1 Å². The van der Waals surface area contributed by atoms with E-state index in [4.69, 9.17) is 0 Å². The first-order chi connectivity index (χ1) is 11.1. The number of rotatable bonds is 4. The Balaban J connectivity index is 1.92. The van der Waals surface area contributed by atoms with E-state index in [9.17, 15) is 4.79 Å². The largest absolute Gasteiger partial charge is 0.337 e. The van der Waals surface area contributed by atoms with Crippen LogP contribution < -0.4 is 5.32 Å². The average molecular weight is 307 g/mol. The van der Waals surface area contributed by atoms with Crippen molar-refractivity contribution in [3.8, 4) is 0 Å². The van der Waals surface area contributed by atoms with Gasteiger partial charge in [-0.2, -0.15) is 0 Å². The Bertz CT molecular complexity index is 795. The molecule has 3 rings (SSSR count). The van der Waals surface area contributed by atoms with Gasteiger partial charge in [0.25, 0.3) is 5.91 Å². The molecule has 0 saturated carbocycles. The summed E-state index contributed by atoms with van der Waals surface area (Å²) in [6.45, 7) is 1.83. The summed E-state index contributed by atoms with van der Waals surface area (Å²) in [6.07, 6.45) is 6.62. The molecule has 1 aromatic carbocycles. The molecule has 0 aliphatic carbocycles. The second-order valence-electron chi connectivity index (χ2n) is 5.26. The van der Waals surface area contributed by atoms with Crippen molar-refractivity contribution in [1.82, 2.24) is 24.8 Å². The summed E-state index contributed by atoms with van der Waals surface area (Å²) < 4.78 is 1.89. The topological polar surface area (TPSA) is 72.7 Å². The van der Waals surface area contributed by atoms with Crippen LogP contribution in [0.1, 0.15) is 33.6 Å². The normalized spacial score (nSPS) is 11.9. The van der Waals surface area contributed by atoms with E-state index in [-0.39, 0.29) is 17.6 Å². The number of aryl methyl sites for hydroxylation is 2. The molecule has 1 amide bonds. The van der Waals surface area contributed by atoms with Crippen molar-refractivity contribution in [2.75, 3.05) is 0 Å². The van der Waals surface area contributed by atoms with E-state index in [0.29, 0.717) is 0 Å². The third-order valence-corrected chi connectivity index (χ3v) is 3.54. The highest BCUT2D eigenvalue weighted by Crippen LogP contribution is 2.20. The van der Waals surface area contributed by atoms with Crippen LogP contribution in [0.25, 0.3) is 0 Å². The summed E-state index contributed by atoms with van der Waals surface area (Å²) in [5, 5.41) is 2.99. The molecule has 0 aliphatic heterocycles. The second-order valence-corrected chi connectivity index (χ2v) is 5.26. The first kappa shape index (κ1) is 14.9. The van der Waals surface area contributed by atoms with Gasteiger partial charge in [0.05, 0.1) is 11.9 Å². The van der Waals surface area contributed by atoms with E-state index in [1.54, 1.807) is 12.4 Å². The first-order valence-electron chi connectivity index (χ1n) is 7.27. The molecule has 0 radical (unpaired) electrons. The Hall–Kier alpha value is -3.02. The third-order valence-electron chi connectivity index (χ3n) is 3.54. The van der Waals surface area contributed by atoms with Gasteiger partial charge in [0.1, 0.15) is 17.6 Å². The Labute approximate surface area is 134 Å². The molecule has 6 nitrogen and oxygen atoms in total. The standard InChI is InChI=1S/C17H17N5O/c1-12-10-20-14(11-19-12)17(23)21-15(13-6-4-3-5-7-13)16-18-8-9-22(16)2/h3-11,15H,1-2H3,(H,21,23)/t15-/m1/s1. The summed E-state index contributed by atoms with van der Waals surface area (Å²) in [7, 11) is 1.90. The molecule has 0 bridgehead atoms. The Morgan fingerprint density at radius 1 is 1.13 bits per heavy atom. The van der Waals surface area contributed by atoms with Crippen molar-refractivity contribution in [3.63, 3.8) is 0 Å². The average Bonchev–Trinajstić information content (AvgIpc) is 2.99. The highest BCUT2D eigenvalue weighted by atomic mass is 16.2. The highest BCUT2D eigenvalue weighted by molar-refractivity contribution is 5.92. The van der Waals surface area contributed by atoms with Crippen molar-refractivity contribution in [2.45, 2.75) is 13.0 Å². The van der Waals surface area contributed by atoms with Gasteiger partial charge in [0.15, 0.2) is 0 Å². The van der Waals surface area contributed by atoms with Crippen LogP contribution in [-0.2, 0) is 7.05 Å². The summed E-state index contributed by atoms with van der Waals surface area (Å²) in [5.74, 6) is 0.471. The number of imidazole rings is 1. The number of carbonyl (C=O) groups excluding carboxylic acids is 1. The zero-order chi connectivity index (χ0) is 16.2. The molecule has 1 atom stereocenters. The molecule has 0 fully saturated rings. The number of benzene rings is 1. The van der Waals surface area contributed by atoms with Gasteiger partial charge in [-0.05, 0) is 12.5 Å². The van der Waals surface area contributed by atoms with Crippen molar-refractivity contribution in [3.05, 3.63) is 77.9 Å². The lowest BCUT2D eigenvalue weighted by Crippen LogP contribution is -2.31. The number of carbonyl (C=O) groups is 1. The fourth-order valence-corrected chi connectivity index (χ4v) is 2.31. The zero-order valence-corrected chi connectivity index (χ0v) is 13.0. The van der Waals surface area contributed by atoms with Crippen molar-refractivity contribution in [1.29, 1.82) is 0 Å². The van der Waals surface area contributed by atoms with E-state index in [2.05, 4.69) is 20.3 Å². The minimum absolute atomic E-state index is 0.283. The minimum atomic E-state index is -0.355. The van der Waals surface area contributed by atoms with E-state index in [1.807, 2.05) is 55.1 Å². The van der Waals surface area contributed by atoms with Crippen LogP contribution in [0.15, 0.2) is 55.1 Å². The van der Waals surface area contributed by atoms with Crippen LogP contribution >= 0.6 is 0 Å². The van der Waals surface area contributed by atoms with E-state index < -0.39 is 0 Å². The number of hydrogen-bond donors (Lipinski definition) is 1. The number of nitrogens with zero attached hydrogens (tertiary/aromatic N) is 4. The van der Waals surface area contributed by atoms with Crippen LogP contribution in [0.3, 0.4) is 0 Å². The molecule has 23 heavy (non-hydrogen) atoms. The summed E-state index contributed by atoms with van der Waals surface area (Å²) in [4.78, 5) is 25.1. The summed E-state index contributed by atoms with van der Waals surface area (Å²) in [5.41, 5.74) is 2.01. The van der Waals surface area contributed by atoms with Gasteiger partial charge >= 0.3 is 0 Å². The van der Waals surface area contributed by atoms with Gasteiger partial charge in [-0.15, -0.1) is 0 Å². The molecular formula is C17H17N5O. The van der Waals surface area contributed by atoms with Crippen molar-refractivity contribution in [2.24, 2.45) is 7.05 Å². The second kappa shape index (κ2) is 6.39. The number of aromatic nitrogens is 4. The Kier molecular flexibility index (Phi) is 4.14. The summed E-state index contributed by atoms with van der Waals surface area (Å²) >= 11 is 0. The fraction of sp³-hybridized carbons (Fsp3) is 0.176. The zero-order valence-electron chi connectivity index (χ0n) is 13.0. The molecule has 116 valence electrons. The molecule has 1 N–H and O–H groups in total. The fourth-order valence-electron chi connectivity index (χ4n) is 2.31. The van der Waals surface area contributed by atoms with Crippen molar-refractivity contribution < 1.29 is 4.79 Å². The van der Waals surface area contributed by atoms with Crippen LogP contribution in [0.4, 0.5) is 0 Å². The maximum atomic E-state index is 12.5. The van der Waals surface area contributed by atoms with Gasteiger partial charge in [0.2, 0.25) is 0 Å². The lowest BCUT2D eigenvalue weighted by Gasteiger charge is -2.18. The van der Waals surface area contributed by atoms with Gasteiger partial charge < -0.3 is 9.88 Å². The monoisotopic (exact) mass is 307 g/mol. The van der Waals surface area contributed by atoms with Gasteiger partial charge in [-0.3, -0.25) is 9.78 Å². The summed E-state index contributed by atoms with van der Waals surface area (Å²) in [6, 6.07) is 9.37. The molecule has 0 aliphatic rings. The quantitative estimate of drug-likeness (QED) is 0.800. The molecule has 2 aromatic heterocycles. The first-order valence-corrected chi connectivity index (χ1v) is 7.27. The van der Waals surface area contributed by atoms with Gasteiger partial charge in [-0.1, -0.05) is 30.3 Å². The maximum absolute atomic E-state index is 12.5. The number of amides is 1. The molecular weight excluding hydrogens is 290 g/mol. The third kappa shape index (κ3) is 3.26. The molecule has 0 unspecified atom stereocenters. The minimum Gasteiger partial charge on any atom is -0.337 e. The van der Waals surface area contributed by atoms with Gasteiger partial charge in [-0.25, -0.2) is 9.97 Å². The lowest BCUT2D eigenvalue weighted by atomic mass is 10.1. The highest BCUT2D eigenvalue weighted by Gasteiger charge is 2.21. The predicted octanol–water partition coefficient (Wildman–Crippen LogP) is 2.04. The molecule has 6 heteroatoms. The molecule has 3 aromatic rings. The maximum Gasteiger partial charge on any atom is 0.272 e. The molecule has 2 heterocycles. The van der Waals surface area contributed by atoms with E-state index in [1.165, 1.54) is 6.20 Å². The Morgan fingerprint density at radius 3 is 2.52 bits per heavy atom. The molecule has 0 saturated heterocycles.